The summed E-state index contributed by atoms with van der Waals surface area (Å²) < 4.78 is 5.81. The van der Waals surface area contributed by atoms with Crippen LogP contribution in [-0.4, -0.2) is 63.8 Å². The molecule has 4 heterocycles. The fourth-order valence-corrected chi connectivity index (χ4v) is 5.53. The molecule has 0 saturated carbocycles. The van der Waals surface area contributed by atoms with Gasteiger partial charge in [-0.25, -0.2) is 4.90 Å². The maximum Gasteiger partial charge on any atom is 0.249 e. The highest BCUT2D eigenvalue weighted by Crippen LogP contribution is 2.57. The van der Waals surface area contributed by atoms with Crippen LogP contribution in [-0.2, 0) is 19.2 Å². The molecule has 0 bridgehead atoms. The standard InChI is InChI=1S/C23H23N3O6/c1-13-8-9-15(32-13)19-17-18(21(30)25(20(17)29)14-6-4-3-5-7-14)23(2)22(31)24(10-11-27)12-16(28)26(19)23/h3-9,17-19,27H,10-12H2,1-2H3/t17-,18-,19-,23-/m1/s1. The fraction of sp³-hybridized carbons (Fsp3) is 0.391. The molecule has 4 atom stereocenters. The van der Waals surface area contributed by atoms with Crippen LogP contribution >= 0.6 is 0 Å². The predicted octanol–water partition coefficient (Wildman–Crippen LogP) is 0.870. The Bertz CT molecular complexity index is 1130. The van der Waals surface area contributed by atoms with Crippen molar-refractivity contribution < 1.29 is 28.7 Å². The second-order valence-electron chi connectivity index (χ2n) is 8.61. The summed E-state index contributed by atoms with van der Waals surface area (Å²) in [6, 6.07) is 11.1. The van der Waals surface area contributed by atoms with Crippen molar-refractivity contribution >= 4 is 29.3 Å². The second-order valence-corrected chi connectivity index (χ2v) is 8.61. The first-order chi connectivity index (χ1) is 15.3. The number of aryl methyl sites for hydroxylation is 1. The van der Waals surface area contributed by atoms with Gasteiger partial charge in [0.1, 0.15) is 23.1 Å². The van der Waals surface area contributed by atoms with Crippen molar-refractivity contribution in [3.63, 3.8) is 0 Å². The smallest absolute Gasteiger partial charge is 0.249 e. The molecule has 32 heavy (non-hydrogen) atoms. The van der Waals surface area contributed by atoms with Gasteiger partial charge in [-0.1, -0.05) is 18.2 Å². The lowest BCUT2D eigenvalue weighted by molar-refractivity contribution is -0.166. The number of para-hydroxylation sites is 1. The quantitative estimate of drug-likeness (QED) is 0.711. The van der Waals surface area contributed by atoms with Gasteiger partial charge in [-0.2, -0.15) is 0 Å². The van der Waals surface area contributed by atoms with Gasteiger partial charge >= 0.3 is 0 Å². The van der Waals surface area contributed by atoms with E-state index in [2.05, 4.69) is 0 Å². The second kappa shape index (κ2) is 7.03. The lowest BCUT2D eigenvalue weighted by Crippen LogP contribution is -2.68. The number of fused-ring (bicyclic) bond motifs is 3. The maximum atomic E-state index is 13.7. The van der Waals surface area contributed by atoms with Crippen LogP contribution in [0, 0.1) is 18.8 Å². The SMILES string of the molecule is Cc1ccc([C@@H]2[C@@H]3C(=O)N(c4ccccc4)C(=O)[C@@H]3[C@]3(C)C(=O)N(CCO)CC(=O)N23)o1. The van der Waals surface area contributed by atoms with Crippen molar-refractivity contribution in [2.45, 2.75) is 25.4 Å². The van der Waals surface area contributed by atoms with Crippen molar-refractivity contribution in [2.24, 2.45) is 11.8 Å². The number of imide groups is 1. The van der Waals surface area contributed by atoms with E-state index in [0.717, 1.165) is 4.90 Å². The summed E-state index contributed by atoms with van der Waals surface area (Å²) in [6.45, 7) is 2.73. The zero-order valence-corrected chi connectivity index (χ0v) is 17.7. The molecular formula is C23H23N3O6. The molecular weight excluding hydrogens is 414 g/mol. The molecule has 4 amide bonds. The van der Waals surface area contributed by atoms with E-state index in [1.165, 1.54) is 9.80 Å². The number of benzene rings is 1. The summed E-state index contributed by atoms with van der Waals surface area (Å²) in [7, 11) is 0. The van der Waals surface area contributed by atoms with E-state index in [1.54, 1.807) is 56.3 Å². The number of hydrogen-bond acceptors (Lipinski definition) is 6. The zero-order valence-electron chi connectivity index (χ0n) is 17.7. The summed E-state index contributed by atoms with van der Waals surface area (Å²) in [5.41, 5.74) is -1.15. The van der Waals surface area contributed by atoms with Crippen LogP contribution in [0.2, 0.25) is 0 Å². The number of piperazine rings is 1. The Hall–Kier alpha value is -3.46. The molecule has 0 radical (unpaired) electrons. The van der Waals surface area contributed by atoms with Gasteiger partial charge in [0.05, 0.1) is 30.7 Å². The first-order valence-electron chi connectivity index (χ1n) is 10.5. The van der Waals surface area contributed by atoms with Gasteiger partial charge in [-0.3, -0.25) is 19.2 Å². The Morgan fingerprint density at radius 3 is 2.41 bits per heavy atom. The lowest BCUT2D eigenvalue weighted by atomic mass is 9.79. The third-order valence-corrected chi connectivity index (χ3v) is 6.83. The van der Waals surface area contributed by atoms with Crippen LogP contribution in [0.5, 0.6) is 0 Å². The number of amides is 4. The average molecular weight is 437 g/mol. The Morgan fingerprint density at radius 1 is 1.06 bits per heavy atom. The molecule has 2 aromatic rings. The Balaban J connectivity index is 1.69. The average Bonchev–Trinajstić information content (AvgIpc) is 3.39. The zero-order chi connectivity index (χ0) is 22.8. The van der Waals surface area contributed by atoms with Gasteiger partial charge in [0, 0.05) is 6.54 Å². The first kappa shape index (κ1) is 20.4. The summed E-state index contributed by atoms with van der Waals surface area (Å²) in [6.07, 6.45) is 0. The van der Waals surface area contributed by atoms with Gasteiger partial charge in [0.25, 0.3) is 0 Å². The molecule has 1 N–H and O–H groups in total. The Labute approximate surface area is 184 Å². The molecule has 9 heteroatoms. The number of hydrogen-bond donors (Lipinski definition) is 1. The van der Waals surface area contributed by atoms with Crippen molar-refractivity contribution in [3.8, 4) is 0 Å². The number of furan rings is 1. The molecule has 0 spiro atoms. The van der Waals surface area contributed by atoms with Crippen LogP contribution in [0.25, 0.3) is 0 Å². The van der Waals surface area contributed by atoms with Crippen LogP contribution in [0.3, 0.4) is 0 Å². The molecule has 5 rings (SSSR count). The molecule has 3 fully saturated rings. The van der Waals surface area contributed by atoms with Gasteiger partial charge < -0.3 is 19.3 Å². The normalized spacial score (nSPS) is 29.7. The van der Waals surface area contributed by atoms with Crippen molar-refractivity contribution in [1.82, 2.24) is 9.80 Å². The van der Waals surface area contributed by atoms with E-state index in [-0.39, 0.29) is 25.6 Å². The highest BCUT2D eigenvalue weighted by atomic mass is 16.3. The maximum absolute atomic E-state index is 13.7. The van der Waals surface area contributed by atoms with Gasteiger partial charge in [0.2, 0.25) is 23.6 Å². The molecule has 1 aromatic carbocycles. The van der Waals surface area contributed by atoms with Crippen LogP contribution in [0.1, 0.15) is 24.5 Å². The number of carbonyl (C=O) groups excluding carboxylic acids is 4. The molecule has 9 nitrogen and oxygen atoms in total. The Morgan fingerprint density at radius 2 is 1.78 bits per heavy atom. The van der Waals surface area contributed by atoms with E-state index >= 15 is 0 Å². The fourth-order valence-electron chi connectivity index (χ4n) is 5.53. The van der Waals surface area contributed by atoms with E-state index in [0.29, 0.717) is 17.2 Å². The highest BCUT2D eigenvalue weighted by molar-refractivity contribution is 6.25. The number of aliphatic hydroxyl groups excluding tert-OH is 1. The number of anilines is 1. The molecule has 1 aromatic heterocycles. The summed E-state index contributed by atoms with van der Waals surface area (Å²) in [4.78, 5) is 57.9. The minimum absolute atomic E-state index is 0.0273. The van der Waals surface area contributed by atoms with E-state index in [4.69, 9.17) is 4.42 Å². The van der Waals surface area contributed by atoms with Gasteiger partial charge in [-0.15, -0.1) is 0 Å². The summed E-state index contributed by atoms with van der Waals surface area (Å²) in [5, 5.41) is 9.39. The number of β-amino-alcohol motifs (C(OH)–C–C–N with tert-alkyl or cyclic N) is 1. The number of aliphatic hydroxyl groups is 1. The third kappa shape index (κ3) is 2.54. The van der Waals surface area contributed by atoms with E-state index in [1.807, 2.05) is 0 Å². The number of carbonyl (C=O) groups is 4. The predicted molar refractivity (Wildman–Crippen MR) is 111 cm³/mol. The van der Waals surface area contributed by atoms with E-state index in [9.17, 15) is 24.3 Å². The van der Waals surface area contributed by atoms with Gasteiger partial charge in [0.15, 0.2) is 0 Å². The lowest BCUT2D eigenvalue weighted by Gasteiger charge is -2.46. The van der Waals surface area contributed by atoms with Crippen molar-refractivity contribution in [2.75, 3.05) is 24.6 Å². The minimum Gasteiger partial charge on any atom is -0.464 e. The van der Waals surface area contributed by atoms with Crippen LogP contribution < -0.4 is 4.90 Å². The molecule has 166 valence electrons. The molecule has 3 aliphatic rings. The van der Waals surface area contributed by atoms with Crippen molar-refractivity contribution in [3.05, 3.63) is 54.0 Å². The van der Waals surface area contributed by atoms with Crippen LogP contribution in [0.15, 0.2) is 46.9 Å². The molecule has 3 aliphatic heterocycles. The van der Waals surface area contributed by atoms with Crippen LogP contribution in [0.4, 0.5) is 5.69 Å². The monoisotopic (exact) mass is 437 g/mol. The highest BCUT2D eigenvalue weighted by Gasteiger charge is 2.73. The third-order valence-electron chi connectivity index (χ3n) is 6.83. The molecule has 0 aliphatic carbocycles. The number of nitrogens with zero attached hydrogens (tertiary/aromatic N) is 3. The summed E-state index contributed by atoms with van der Waals surface area (Å²) >= 11 is 0. The summed E-state index contributed by atoms with van der Waals surface area (Å²) in [5.74, 6) is -2.88. The Kier molecular flexibility index (Phi) is 4.49. The molecule has 0 unspecified atom stereocenters. The number of rotatable bonds is 4. The molecule has 3 saturated heterocycles. The first-order valence-corrected chi connectivity index (χ1v) is 10.5. The van der Waals surface area contributed by atoms with Gasteiger partial charge in [-0.05, 0) is 38.1 Å². The largest absolute Gasteiger partial charge is 0.464 e. The minimum atomic E-state index is -1.57. The topological polar surface area (TPSA) is 111 Å². The van der Waals surface area contributed by atoms with Crippen molar-refractivity contribution in [1.29, 1.82) is 0 Å². The van der Waals surface area contributed by atoms with E-state index < -0.39 is 41.1 Å².